The molecule has 6 heteroatoms. The topological polar surface area (TPSA) is 89.7 Å². The van der Waals surface area contributed by atoms with E-state index in [-0.39, 0.29) is 11.8 Å². The Morgan fingerprint density at radius 2 is 0.878 bits per heavy atom. The van der Waals surface area contributed by atoms with Crippen molar-refractivity contribution < 1.29 is 19.1 Å². The van der Waals surface area contributed by atoms with Crippen LogP contribution in [-0.2, 0) is 19.1 Å². The summed E-state index contributed by atoms with van der Waals surface area (Å²) < 4.78 is 5.03. The first-order chi connectivity index (χ1) is 20.0. The Bertz CT molecular complexity index is 587. The molecule has 0 aliphatic rings. The number of hydrogen-bond acceptors (Lipinski definition) is 5. The molecule has 0 rings (SSSR count). The SMILES string of the molecule is CCCCCCCCCCCCCC(=O)N(C(=O)CCCCCCCCCCCCC)[C@@H](CCCCN)C(=O)OC. The Morgan fingerprint density at radius 3 is 1.20 bits per heavy atom. The van der Waals surface area contributed by atoms with Gasteiger partial charge in [0.15, 0.2) is 0 Å². The number of rotatable bonds is 30. The van der Waals surface area contributed by atoms with Crippen molar-refractivity contribution in [2.45, 2.75) is 193 Å². The Hall–Kier alpha value is -1.43. The number of unbranched alkanes of at least 4 members (excludes halogenated alkanes) is 21. The fourth-order valence-corrected chi connectivity index (χ4v) is 5.58. The molecule has 1 atom stereocenters. The number of carbonyl (C=O) groups excluding carboxylic acids is 3. The van der Waals surface area contributed by atoms with E-state index in [1.165, 1.54) is 115 Å². The third kappa shape index (κ3) is 22.8. The highest BCUT2D eigenvalue weighted by molar-refractivity contribution is 5.99. The molecule has 0 bridgehead atoms. The average Bonchev–Trinajstić information content (AvgIpc) is 2.97. The third-order valence-electron chi connectivity index (χ3n) is 8.24. The molecule has 0 saturated carbocycles. The first-order valence-electron chi connectivity index (χ1n) is 17.7. The zero-order valence-corrected chi connectivity index (χ0v) is 27.5. The summed E-state index contributed by atoms with van der Waals surface area (Å²) in [5, 5.41) is 0. The molecule has 0 aromatic rings. The molecule has 0 saturated heterocycles. The number of hydrogen-bond donors (Lipinski definition) is 1. The second-order valence-electron chi connectivity index (χ2n) is 12.1. The lowest BCUT2D eigenvalue weighted by molar-refractivity contribution is -0.160. The van der Waals surface area contributed by atoms with Gasteiger partial charge in [-0.15, -0.1) is 0 Å². The van der Waals surface area contributed by atoms with Gasteiger partial charge in [0.2, 0.25) is 11.8 Å². The Labute approximate surface area is 254 Å². The average molecular weight is 581 g/mol. The summed E-state index contributed by atoms with van der Waals surface area (Å²) in [4.78, 5) is 40.6. The van der Waals surface area contributed by atoms with Crippen molar-refractivity contribution in [1.29, 1.82) is 0 Å². The molecule has 0 spiro atoms. The van der Waals surface area contributed by atoms with Crippen LogP contribution in [-0.4, -0.2) is 42.4 Å². The van der Waals surface area contributed by atoms with Crippen molar-refractivity contribution >= 4 is 17.8 Å². The Balaban J connectivity index is 4.61. The van der Waals surface area contributed by atoms with Gasteiger partial charge in [0, 0.05) is 12.8 Å². The predicted molar refractivity (Wildman–Crippen MR) is 173 cm³/mol. The highest BCUT2D eigenvalue weighted by Crippen LogP contribution is 2.19. The van der Waals surface area contributed by atoms with Gasteiger partial charge in [-0.25, -0.2) is 4.79 Å². The van der Waals surface area contributed by atoms with E-state index in [9.17, 15) is 14.4 Å². The summed E-state index contributed by atoms with van der Waals surface area (Å²) in [6, 6.07) is -0.841. The van der Waals surface area contributed by atoms with Crippen molar-refractivity contribution in [1.82, 2.24) is 4.90 Å². The Kier molecular flexibility index (Phi) is 29.0. The van der Waals surface area contributed by atoms with Crippen LogP contribution in [0.15, 0.2) is 0 Å². The molecule has 242 valence electrons. The van der Waals surface area contributed by atoms with Crippen LogP contribution in [0.5, 0.6) is 0 Å². The van der Waals surface area contributed by atoms with Gasteiger partial charge in [0.05, 0.1) is 7.11 Å². The minimum absolute atomic E-state index is 0.225. The third-order valence-corrected chi connectivity index (χ3v) is 8.24. The molecule has 0 aliphatic heterocycles. The van der Waals surface area contributed by atoms with Gasteiger partial charge in [0.25, 0.3) is 0 Å². The smallest absolute Gasteiger partial charge is 0.329 e. The van der Waals surface area contributed by atoms with Crippen molar-refractivity contribution in [2.24, 2.45) is 5.73 Å². The van der Waals surface area contributed by atoms with Crippen LogP contribution in [0.25, 0.3) is 0 Å². The van der Waals surface area contributed by atoms with E-state index in [4.69, 9.17) is 10.5 Å². The van der Waals surface area contributed by atoms with E-state index in [0.29, 0.717) is 32.2 Å². The molecule has 41 heavy (non-hydrogen) atoms. The van der Waals surface area contributed by atoms with Crippen LogP contribution in [0, 0.1) is 0 Å². The summed E-state index contributed by atoms with van der Waals surface area (Å²) in [7, 11) is 1.33. The molecular formula is C35H68N2O4. The lowest BCUT2D eigenvalue weighted by atomic mass is 10.0. The summed E-state index contributed by atoms with van der Waals surface area (Å²) >= 11 is 0. The number of amides is 2. The van der Waals surface area contributed by atoms with Gasteiger partial charge < -0.3 is 10.5 Å². The van der Waals surface area contributed by atoms with Crippen LogP contribution < -0.4 is 5.73 Å². The number of nitrogens with two attached hydrogens (primary N) is 1. The summed E-state index contributed by atoms with van der Waals surface area (Å²) in [6.07, 6.45) is 29.0. The van der Waals surface area contributed by atoms with Crippen LogP contribution in [0.2, 0.25) is 0 Å². The van der Waals surface area contributed by atoms with E-state index in [1.807, 2.05) is 0 Å². The first-order valence-corrected chi connectivity index (χ1v) is 17.7. The van der Waals surface area contributed by atoms with Crippen LogP contribution in [0.4, 0.5) is 0 Å². The number of carbonyl (C=O) groups is 3. The van der Waals surface area contributed by atoms with Crippen molar-refractivity contribution in [3.63, 3.8) is 0 Å². The molecule has 0 fully saturated rings. The van der Waals surface area contributed by atoms with Crippen molar-refractivity contribution in [3.05, 3.63) is 0 Å². The van der Waals surface area contributed by atoms with Gasteiger partial charge in [-0.05, 0) is 38.6 Å². The summed E-state index contributed by atoms with van der Waals surface area (Å²) in [5.41, 5.74) is 5.66. The molecule has 0 aliphatic carbocycles. The molecule has 0 aromatic carbocycles. The van der Waals surface area contributed by atoms with Crippen molar-refractivity contribution in [2.75, 3.05) is 13.7 Å². The quantitative estimate of drug-likeness (QED) is 0.0675. The van der Waals surface area contributed by atoms with Gasteiger partial charge in [-0.1, -0.05) is 142 Å². The number of nitrogens with zero attached hydrogens (tertiary/aromatic N) is 1. The van der Waals surface area contributed by atoms with Crippen molar-refractivity contribution in [3.8, 4) is 0 Å². The minimum Gasteiger partial charge on any atom is -0.467 e. The van der Waals surface area contributed by atoms with Crippen LogP contribution >= 0.6 is 0 Å². The van der Waals surface area contributed by atoms with E-state index in [0.717, 1.165) is 44.9 Å². The summed E-state index contributed by atoms with van der Waals surface area (Å²) in [5.74, 6) is -0.948. The maximum absolute atomic E-state index is 13.3. The molecule has 2 amide bonds. The predicted octanol–water partition coefficient (Wildman–Crippen LogP) is 9.41. The highest BCUT2D eigenvalue weighted by Gasteiger charge is 2.34. The molecule has 6 nitrogen and oxygen atoms in total. The first kappa shape index (κ1) is 39.6. The standard InChI is InChI=1S/C35H68N2O4/c1-4-6-8-10-12-14-16-18-20-22-24-29-33(38)37(32(35(40)41-3)28-26-27-31-36)34(39)30-25-23-21-19-17-15-13-11-9-7-5-2/h32H,4-31,36H2,1-3H3/t32-/m0/s1. The zero-order chi connectivity index (χ0) is 30.4. The summed E-state index contributed by atoms with van der Waals surface area (Å²) in [6.45, 7) is 5.01. The largest absolute Gasteiger partial charge is 0.467 e. The van der Waals surface area contributed by atoms with Crippen LogP contribution in [0.3, 0.4) is 0 Å². The number of esters is 1. The van der Waals surface area contributed by atoms with E-state index in [2.05, 4.69) is 13.8 Å². The van der Waals surface area contributed by atoms with Gasteiger partial charge in [-0.3, -0.25) is 14.5 Å². The molecule has 0 unspecified atom stereocenters. The molecule has 0 aromatic heterocycles. The fraction of sp³-hybridized carbons (Fsp3) is 0.914. The van der Waals surface area contributed by atoms with E-state index >= 15 is 0 Å². The van der Waals surface area contributed by atoms with Gasteiger partial charge >= 0.3 is 5.97 Å². The number of methoxy groups -OCH3 is 1. The minimum atomic E-state index is -0.841. The monoisotopic (exact) mass is 581 g/mol. The van der Waals surface area contributed by atoms with E-state index in [1.54, 1.807) is 0 Å². The van der Waals surface area contributed by atoms with E-state index < -0.39 is 12.0 Å². The normalized spacial score (nSPS) is 11.9. The number of ether oxygens (including phenoxy) is 1. The maximum atomic E-state index is 13.3. The molecular weight excluding hydrogens is 512 g/mol. The molecule has 2 N–H and O–H groups in total. The lowest BCUT2D eigenvalue weighted by Crippen LogP contribution is -2.49. The number of imide groups is 1. The van der Waals surface area contributed by atoms with Gasteiger partial charge in [-0.2, -0.15) is 0 Å². The second-order valence-corrected chi connectivity index (χ2v) is 12.1. The van der Waals surface area contributed by atoms with Gasteiger partial charge in [0.1, 0.15) is 6.04 Å². The highest BCUT2D eigenvalue weighted by atomic mass is 16.5. The zero-order valence-electron chi connectivity index (χ0n) is 27.5. The fourth-order valence-electron chi connectivity index (χ4n) is 5.58. The molecule has 0 radical (unpaired) electrons. The Morgan fingerprint density at radius 1 is 0.537 bits per heavy atom. The van der Waals surface area contributed by atoms with Crippen LogP contribution in [0.1, 0.15) is 187 Å². The maximum Gasteiger partial charge on any atom is 0.329 e. The second kappa shape index (κ2) is 30.0. The molecule has 0 heterocycles. The lowest BCUT2D eigenvalue weighted by Gasteiger charge is -2.28.